The minimum atomic E-state index is -0.0164. The van der Waals surface area contributed by atoms with Crippen LogP contribution in [0.1, 0.15) is 39.0 Å². The molecular weight excluding hydrogens is 192 g/mol. The molecule has 0 aromatic carbocycles. The van der Waals surface area contributed by atoms with E-state index in [1.807, 2.05) is 6.92 Å². The lowest BCUT2D eigenvalue weighted by Crippen LogP contribution is -2.38. The molecule has 0 aromatic heterocycles. The average Bonchev–Trinajstić information content (AvgIpc) is 2.27. The monoisotopic (exact) mass is 214 g/mol. The molecule has 1 fully saturated rings. The Morgan fingerprint density at radius 3 is 3.00 bits per heavy atom. The Labute approximate surface area is 91.5 Å². The highest BCUT2D eigenvalue weighted by molar-refractivity contribution is 5.76. The largest absolute Gasteiger partial charge is 0.376 e. The predicted molar refractivity (Wildman–Crippen MR) is 59.5 cm³/mol. The molecule has 0 spiro atoms. The summed E-state index contributed by atoms with van der Waals surface area (Å²) in [6, 6.07) is -0.0164. The number of hydrogen-bond donors (Lipinski definition) is 2. The molecule has 0 radical (unpaired) electrons. The van der Waals surface area contributed by atoms with Crippen molar-refractivity contribution in [2.75, 3.05) is 13.2 Å². The maximum atomic E-state index is 11.4. The topological polar surface area (TPSA) is 64.4 Å². The van der Waals surface area contributed by atoms with Crippen LogP contribution in [0.2, 0.25) is 0 Å². The average molecular weight is 214 g/mol. The van der Waals surface area contributed by atoms with Gasteiger partial charge < -0.3 is 15.8 Å². The van der Waals surface area contributed by atoms with Crippen molar-refractivity contribution in [1.29, 1.82) is 0 Å². The van der Waals surface area contributed by atoms with Crippen LogP contribution in [0.4, 0.5) is 0 Å². The normalized spacial score (nSPS) is 23.5. The molecule has 4 heteroatoms. The van der Waals surface area contributed by atoms with Crippen LogP contribution in [0, 0.1) is 0 Å². The van der Waals surface area contributed by atoms with E-state index in [-0.39, 0.29) is 18.1 Å². The van der Waals surface area contributed by atoms with E-state index in [1.54, 1.807) is 0 Å². The number of nitrogens with two attached hydrogens (primary N) is 1. The van der Waals surface area contributed by atoms with Gasteiger partial charge in [0.1, 0.15) is 0 Å². The van der Waals surface area contributed by atoms with Crippen LogP contribution < -0.4 is 11.1 Å². The number of nitrogens with one attached hydrogen (secondary N) is 1. The van der Waals surface area contributed by atoms with Crippen LogP contribution in [0.3, 0.4) is 0 Å². The van der Waals surface area contributed by atoms with Crippen LogP contribution in [0.25, 0.3) is 0 Å². The van der Waals surface area contributed by atoms with E-state index in [1.165, 1.54) is 6.42 Å². The first kappa shape index (κ1) is 12.5. The maximum Gasteiger partial charge on any atom is 0.221 e. The molecule has 0 aliphatic carbocycles. The molecule has 1 amide bonds. The number of hydrogen-bond acceptors (Lipinski definition) is 3. The fourth-order valence-corrected chi connectivity index (χ4v) is 1.65. The highest BCUT2D eigenvalue weighted by Gasteiger charge is 2.15. The highest BCUT2D eigenvalue weighted by atomic mass is 16.5. The summed E-state index contributed by atoms with van der Waals surface area (Å²) in [4.78, 5) is 11.4. The fourth-order valence-electron chi connectivity index (χ4n) is 1.65. The van der Waals surface area contributed by atoms with E-state index in [4.69, 9.17) is 10.5 Å². The number of carbonyl (C=O) groups excluding carboxylic acids is 1. The molecule has 3 N–H and O–H groups in total. The zero-order chi connectivity index (χ0) is 11.1. The lowest BCUT2D eigenvalue weighted by molar-refractivity contribution is -0.122. The van der Waals surface area contributed by atoms with Gasteiger partial charge in [-0.2, -0.15) is 0 Å². The van der Waals surface area contributed by atoms with Crippen molar-refractivity contribution >= 4 is 5.91 Å². The van der Waals surface area contributed by atoms with Crippen molar-refractivity contribution in [3.63, 3.8) is 0 Å². The first-order valence-corrected chi connectivity index (χ1v) is 5.86. The van der Waals surface area contributed by atoms with Crippen molar-refractivity contribution in [3.05, 3.63) is 0 Å². The molecule has 4 nitrogen and oxygen atoms in total. The molecule has 88 valence electrons. The standard InChI is InChI=1S/C11H22N2O2/c1-2-9(12)7-11(14)13-8-10-5-3-4-6-15-10/h9-10H,2-8,12H2,1H3,(H,13,14). The molecule has 2 atom stereocenters. The van der Waals surface area contributed by atoms with Crippen molar-refractivity contribution in [1.82, 2.24) is 5.32 Å². The molecule has 15 heavy (non-hydrogen) atoms. The summed E-state index contributed by atoms with van der Waals surface area (Å²) < 4.78 is 5.51. The lowest BCUT2D eigenvalue weighted by Gasteiger charge is -2.23. The van der Waals surface area contributed by atoms with Crippen LogP contribution in [0.5, 0.6) is 0 Å². The predicted octanol–water partition coefficient (Wildman–Crippen LogP) is 0.799. The number of carbonyl (C=O) groups is 1. The molecule has 1 heterocycles. The minimum Gasteiger partial charge on any atom is -0.376 e. The Morgan fingerprint density at radius 1 is 1.60 bits per heavy atom. The third kappa shape index (κ3) is 5.14. The molecule has 0 bridgehead atoms. The number of ether oxygens (including phenoxy) is 1. The van der Waals surface area contributed by atoms with E-state index in [2.05, 4.69) is 5.32 Å². The second-order valence-corrected chi connectivity index (χ2v) is 4.17. The zero-order valence-corrected chi connectivity index (χ0v) is 9.50. The van der Waals surface area contributed by atoms with Crippen molar-refractivity contribution in [3.8, 4) is 0 Å². The smallest absolute Gasteiger partial charge is 0.221 e. The SMILES string of the molecule is CCC(N)CC(=O)NCC1CCCCO1. The van der Waals surface area contributed by atoms with Gasteiger partial charge in [0.25, 0.3) is 0 Å². The van der Waals surface area contributed by atoms with E-state index in [0.717, 1.165) is 25.9 Å². The molecule has 1 aliphatic heterocycles. The van der Waals surface area contributed by atoms with E-state index < -0.39 is 0 Å². The van der Waals surface area contributed by atoms with Crippen LogP contribution >= 0.6 is 0 Å². The summed E-state index contributed by atoms with van der Waals surface area (Å²) in [6.07, 6.45) is 4.87. The molecule has 1 aliphatic rings. The second kappa shape index (κ2) is 6.80. The van der Waals surface area contributed by atoms with Gasteiger partial charge in [-0.05, 0) is 25.7 Å². The summed E-state index contributed by atoms with van der Waals surface area (Å²) >= 11 is 0. The zero-order valence-electron chi connectivity index (χ0n) is 9.50. The van der Waals surface area contributed by atoms with Gasteiger partial charge in [0.05, 0.1) is 6.10 Å². The Morgan fingerprint density at radius 2 is 2.40 bits per heavy atom. The molecule has 0 aromatic rings. The lowest BCUT2D eigenvalue weighted by atomic mass is 10.1. The van der Waals surface area contributed by atoms with E-state index in [9.17, 15) is 4.79 Å². The minimum absolute atomic E-state index is 0.0164. The molecule has 1 saturated heterocycles. The summed E-state index contributed by atoms with van der Waals surface area (Å²) in [7, 11) is 0. The van der Waals surface area contributed by atoms with Gasteiger partial charge in [-0.3, -0.25) is 4.79 Å². The molecule has 2 unspecified atom stereocenters. The number of amides is 1. The Hall–Kier alpha value is -0.610. The van der Waals surface area contributed by atoms with Gasteiger partial charge in [0.2, 0.25) is 5.91 Å². The first-order chi connectivity index (χ1) is 7.22. The highest BCUT2D eigenvalue weighted by Crippen LogP contribution is 2.11. The van der Waals surface area contributed by atoms with E-state index >= 15 is 0 Å². The van der Waals surface area contributed by atoms with Gasteiger partial charge in [-0.25, -0.2) is 0 Å². The van der Waals surface area contributed by atoms with Gasteiger partial charge in [0.15, 0.2) is 0 Å². The van der Waals surface area contributed by atoms with Gasteiger partial charge in [-0.15, -0.1) is 0 Å². The van der Waals surface area contributed by atoms with Gasteiger partial charge in [-0.1, -0.05) is 6.92 Å². The third-order valence-corrected chi connectivity index (χ3v) is 2.77. The fraction of sp³-hybridized carbons (Fsp3) is 0.909. The van der Waals surface area contributed by atoms with E-state index in [0.29, 0.717) is 13.0 Å². The second-order valence-electron chi connectivity index (χ2n) is 4.17. The van der Waals surface area contributed by atoms with Crippen molar-refractivity contribution in [2.45, 2.75) is 51.2 Å². The van der Waals surface area contributed by atoms with Gasteiger partial charge in [0, 0.05) is 25.6 Å². The van der Waals surface area contributed by atoms with Crippen molar-refractivity contribution in [2.24, 2.45) is 5.73 Å². The van der Waals surface area contributed by atoms with Crippen LogP contribution in [-0.2, 0) is 9.53 Å². The molecule has 1 rings (SSSR count). The van der Waals surface area contributed by atoms with Crippen molar-refractivity contribution < 1.29 is 9.53 Å². The summed E-state index contributed by atoms with van der Waals surface area (Å²) in [5, 5.41) is 2.87. The Balaban J connectivity index is 2.10. The van der Waals surface area contributed by atoms with Gasteiger partial charge >= 0.3 is 0 Å². The summed E-state index contributed by atoms with van der Waals surface area (Å²) in [6.45, 7) is 3.45. The Kier molecular flexibility index (Phi) is 5.65. The summed E-state index contributed by atoms with van der Waals surface area (Å²) in [5.41, 5.74) is 5.69. The maximum absolute atomic E-state index is 11.4. The molecule has 0 saturated carbocycles. The first-order valence-electron chi connectivity index (χ1n) is 5.86. The third-order valence-electron chi connectivity index (χ3n) is 2.77. The summed E-state index contributed by atoms with van der Waals surface area (Å²) in [5.74, 6) is 0.0403. The number of rotatable bonds is 5. The quantitative estimate of drug-likeness (QED) is 0.711. The molecular formula is C11H22N2O2. The van der Waals surface area contributed by atoms with Crippen LogP contribution in [-0.4, -0.2) is 31.2 Å². The Bertz CT molecular complexity index is 191. The van der Waals surface area contributed by atoms with Crippen LogP contribution in [0.15, 0.2) is 0 Å².